The first-order valence-electron chi connectivity index (χ1n) is 0.577. The Hall–Kier alpha value is 1.15. The number of nitrogens with two attached hydrogens (primary N) is 1. The molecule has 2 N–H and O–H groups in total. The molecular weight excluding hydrogens is 58.7 g/mol. The molecule has 0 heterocycles. The molecule has 4 heavy (non-hydrogen) atoms. The predicted octanol–water partition coefficient (Wildman–Crippen LogP) is -3.34. The van der Waals surface area contributed by atoms with Crippen molar-refractivity contribution in [3.8, 4) is 0 Å². The SMILES string of the molecule is BN.[AlH3].[LiH]. The standard InChI is InChI=1S/Al.BH4N.Li.4H/c;1-2;;;;;/h;1-2H2;;;;;. The Morgan fingerprint density at radius 3 is 1.25 bits per heavy atom. The average molecular weight is 66.8 g/mol. The second kappa shape index (κ2) is 31.0. The Balaban J connectivity index is -0.00000000500. The molecule has 0 aromatic carbocycles. The van der Waals surface area contributed by atoms with Gasteiger partial charge in [0, 0.05) is 0 Å². The topological polar surface area (TPSA) is 26.0 Å². The van der Waals surface area contributed by atoms with Crippen molar-refractivity contribution in [3.05, 3.63) is 0 Å². The zero-order valence-electron chi connectivity index (χ0n) is 1.58. The molecular formula is H8AlBLiN. The van der Waals surface area contributed by atoms with Crippen LogP contribution in [0.1, 0.15) is 0 Å². The summed E-state index contributed by atoms with van der Waals surface area (Å²) in [4.78, 5) is 0. The maximum atomic E-state index is 4.50. The summed E-state index contributed by atoms with van der Waals surface area (Å²) >= 11 is 0. The van der Waals surface area contributed by atoms with Gasteiger partial charge >= 0.3 is 18.9 Å². The molecule has 0 saturated carbocycles. The van der Waals surface area contributed by atoms with E-state index in [2.05, 4.69) is 5.64 Å². The van der Waals surface area contributed by atoms with Crippen molar-refractivity contribution in [2.24, 2.45) is 5.64 Å². The molecule has 0 unspecified atom stereocenters. The second-order valence-corrected chi connectivity index (χ2v) is 0. The number of hydrogen-bond donors (Lipinski definition) is 1. The van der Waals surface area contributed by atoms with Gasteiger partial charge in [0.1, 0.15) is 0 Å². The minimum absolute atomic E-state index is 0. The van der Waals surface area contributed by atoms with E-state index in [0.717, 1.165) is 0 Å². The van der Waals surface area contributed by atoms with Crippen molar-refractivity contribution in [1.82, 2.24) is 0 Å². The molecule has 0 saturated heterocycles. The van der Waals surface area contributed by atoms with Gasteiger partial charge in [0.2, 0.25) is 0 Å². The third-order valence-corrected chi connectivity index (χ3v) is 0. The third-order valence-electron chi connectivity index (χ3n) is 0. The van der Waals surface area contributed by atoms with Gasteiger partial charge in [0.05, 0.1) is 0 Å². The summed E-state index contributed by atoms with van der Waals surface area (Å²) in [6.45, 7) is 0. The summed E-state index contributed by atoms with van der Waals surface area (Å²) in [6, 6.07) is 0. The minimum atomic E-state index is 0. The summed E-state index contributed by atoms with van der Waals surface area (Å²) in [6.07, 6.45) is 0. The molecule has 0 aliphatic heterocycles. The van der Waals surface area contributed by atoms with E-state index in [9.17, 15) is 0 Å². The van der Waals surface area contributed by atoms with Gasteiger partial charge in [-0.25, -0.2) is 0 Å². The van der Waals surface area contributed by atoms with Crippen LogP contribution in [0.5, 0.6) is 0 Å². The zero-order valence-corrected chi connectivity index (χ0v) is 1.58. The van der Waals surface area contributed by atoms with Gasteiger partial charge in [-0.05, 0) is 0 Å². The van der Waals surface area contributed by atoms with Gasteiger partial charge < -0.3 is 5.64 Å². The Kier molecular flexibility index (Phi) is 149. The molecule has 0 rings (SSSR count). The normalized spacial score (nSPS) is 1.25. The van der Waals surface area contributed by atoms with Crippen LogP contribution in [0, 0.1) is 0 Å². The first-order valence-corrected chi connectivity index (χ1v) is 0.577. The summed E-state index contributed by atoms with van der Waals surface area (Å²) < 4.78 is 0. The van der Waals surface area contributed by atoms with Gasteiger partial charge in [-0.3, -0.25) is 0 Å². The molecule has 0 aliphatic rings. The Labute approximate surface area is 50.1 Å². The van der Waals surface area contributed by atoms with Crippen LogP contribution in [0.4, 0.5) is 0 Å². The van der Waals surface area contributed by atoms with E-state index in [4.69, 9.17) is 0 Å². The fraction of sp³-hybridized carbons (Fsp3) is 0. The van der Waals surface area contributed by atoms with E-state index >= 15 is 0 Å². The van der Waals surface area contributed by atoms with Crippen LogP contribution < -0.4 is 5.64 Å². The van der Waals surface area contributed by atoms with Crippen LogP contribution in [0.25, 0.3) is 0 Å². The number of rotatable bonds is 0. The molecule has 0 fully saturated rings. The molecule has 0 aliphatic carbocycles. The quantitative estimate of drug-likeness (QED) is 0.294. The summed E-state index contributed by atoms with van der Waals surface area (Å²) in [5.41, 5.74) is 4.50. The van der Waals surface area contributed by atoms with Crippen LogP contribution in [0.3, 0.4) is 0 Å². The second-order valence-electron chi connectivity index (χ2n) is 0. The summed E-state index contributed by atoms with van der Waals surface area (Å²) in [5.74, 6) is 0. The molecule has 0 radical (unpaired) electrons. The number of hydrogen-bond acceptors (Lipinski definition) is 1. The van der Waals surface area contributed by atoms with E-state index in [1.807, 2.05) is 0 Å². The zero-order chi connectivity index (χ0) is 2.00. The van der Waals surface area contributed by atoms with Crippen LogP contribution in [-0.2, 0) is 0 Å². The van der Waals surface area contributed by atoms with Crippen LogP contribution in [0.15, 0.2) is 0 Å². The monoisotopic (exact) mass is 67.1 g/mol. The Bertz CT molecular complexity index is 8.00. The molecule has 0 aromatic rings. The summed E-state index contributed by atoms with van der Waals surface area (Å²) in [7, 11) is 1.50. The fourth-order valence-corrected chi connectivity index (χ4v) is 0. The molecule has 0 aromatic heterocycles. The van der Waals surface area contributed by atoms with Gasteiger partial charge in [0.15, 0.2) is 25.3 Å². The van der Waals surface area contributed by atoms with E-state index < -0.39 is 0 Å². The van der Waals surface area contributed by atoms with E-state index in [-0.39, 0.29) is 36.2 Å². The van der Waals surface area contributed by atoms with Crippen molar-refractivity contribution < 1.29 is 0 Å². The van der Waals surface area contributed by atoms with Gasteiger partial charge in [-0.2, -0.15) is 0 Å². The summed E-state index contributed by atoms with van der Waals surface area (Å²) in [5, 5.41) is 0. The van der Waals surface area contributed by atoms with Gasteiger partial charge in [0.25, 0.3) is 0 Å². The van der Waals surface area contributed by atoms with Crippen molar-refractivity contribution >= 4 is 44.2 Å². The first-order chi connectivity index (χ1) is 1.00. The van der Waals surface area contributed by atoms with Crippen LogP contribution in [-0.4, -0.2) is 44.2 Å². The van der Waals surface area contributed by atoms with Gasteiger partial charge in [-0.15, -0.1) is 0 Å². The average Bonchev–Trinajstić information content (AvgIpc) is 1.00. The Morgan fingerprint density at radius 2 is 1.25 bits per heavy atom. The van der Waals surface area contributed by atoms with Crippen LogP contribution >= 0.6 is 0 Å². The van der Waals surface area contributed by atoms with Crippen molar-refractivity contribution in [1.29, 1.82) is 0 Å². The molecule has 0 atom stereocenters. The third kappa shape index (κ3) is 11.0. The van der Waals surface area contributed by atoms with Crippen molar-refractivity contribution in [2.45, 2.75) is 0 Å². The van der Waals surface area contributed by atoms with Crippen molar-refractivity contribution in [3.63, 3.8) is 0 Å². The molecule has 0 spiro atoms. The first kappa shape index (κ1) is 19.2. The van der Waals surface area contributed by atoms with E-state index in [1.165, 1.54) is 7.98 Å². The van der Waals surface area contributed by atoms with Crippen LogP contribution in [0.2, 0.25) is 0 Å². The van der Waals surface area contributed by atoms with Crippen molar-refractivity contribution in [2.75, 3.05) is 0 Å². The maximum absolute atomic E-state index is 4.50. The fourth-order valence-electron chi connectivity index (χ4n) is 0. The van der Waals surface area contributed by atoms with E-state index in [0.29, 0.717) is 0 Å². The predicted molar refractivity (Wildman–Crippen MR) is 29.8 cm³/mol. The molecule has 0 bridgehead atoms. The van der Waals surface area contributed by atoms with Gasteiger partial charge in [-0.1, -0.05) is 0 Å². The van der Waals surface area contributed by atoms with E-state index in [1.54, 1.807) is 0 Å². The molecule has 1 nitrogen and oxygen atoms in total. The molecule has 4 heteroatoms. The molecule has 20 valence electrons. The Morgan fingerprint density at radius 1 is 1.25 bits per heavy atom. The molecule has 0 amide bonds.